The third-order valence-corrected chi connectivity index (χ3v) is 12.5. The van der Waals surface area contributed by atoms with Gasteiger partial charge < -0.3 is 9.90 Å². The van der Waals surface area contributed by atoms with E-state index in [9.17, 15) is 19.5 Å². The van der Waals surface area contributed by atoms with Crippen molar-refractivity contribution in [2.75, 3.05) is 0 Å². The van der Waals surface area contributed by atoms with Gasteiger partial charge in [-0.15, -0.1) is 0 Å². The standard InChI is InChI=1S/C32H43NO4/c1-19-20-8-10-30(5)24(29(20,4)18-22(33-7)27(19)37)16-23(34)26-21-17-28(2,3)12-14-32(21,11-9-25(35)36)15-13-31(26,30)6/h16,18-21,26H,8-15,17H2,1-6H3,(H,35,36)/t19-,20-,21-,26-,29-,30+,31+,32+/m0/s1. The maximum Gasteiger partial charge on any atom is 0.303 e. The van der Waals surface area contributed by atoms with Crippen molar-refractivity contribution in [1.29, 1.82) is 0 Å². The normalized spacial score (nSPS) is 46.3. The Labute approximate surface area is 222 Å². The van der Waals surface area contributed by atoms with E-state index in [1.54, 1.807) is 0 Å². The van der Waals surface area contributed by atoms with Crippen LogP contribution in [0.5, 0.6) is 0 Å². The first-order valence-electron chi connectivity index (χ1n) is 14.3. The number of nitrogens with zero attached hydrogens (tertiary/aromatic N) is 1. The van der Waals surface area contributed by atoms with E-state index in [2.05, 4.69) is 39.5 Å². The van der Waals surface area contributed by atoms with E-state index in [1.165, 1.54) is 0 Å². The first kappa shape index (κ1) is 26.4. The van der Waals surface area contributed by atoms with Crippen LogP contribution in [0.1, 0.15) is 99.3 Å². The van der Waals surface area contributed by atoms with Crippen molar-refractivity contribution in [2.45, 2.75) is 99.3 Å². The van der Waals surface area contributed by atoms with Crippen LogP contribution < -0.4 is 0 Å². The van der Waals surface area contributed by atoms with Crippen LogP contribution in [0.4, 0.5) is 0 Å². The van der Waals surface area contributed by atoms with Gasteiger partial charge in [0.25, 0.3) is 0 Å². The molecule has 0 aromatic heterocycles. The lowest BCUT2D eigenvalue weighted by Gasteiger charge is -2.69. The van der Waals surface area contributed by atoms with Crippen molar-refractivity contribution in [3.05, 3.63) is 34.8 Å². The molecule has 8 atom stereocenters. The molecule has 5 aliphatic rings. The number of fused-ring (bicyclic) bond motifs is 7. The number of ketones is 2. The predicted molar refractivity (Wildman–Crippen MR) is 142 cm³/mol. The molecule has 37 heavy (non-hydrogen) atoms. The number of Topliss-reactive ketones (excluding diaryl/α,β-unsaturated/α-hetero) is 1. The van der Waals surface area contributed by atoms with Gasteiger partial charge in [0, 0.05) is 23.7 Å². The number of hydrogen-bond donors (Lipinski definition) is 1. The maximum absolute atomic E-state index is 14.3. The highest BCUT2D eigenvalue weighted by Gasteiger charge is 2.68. The van der Waals surface area contributed by atoms with Gasteiger partial charge in [-0.25, -0.2) is 4.85 Å². The minimum absolute atomic E-state index is 0.0572. The number of allylic oxidation sites excluding steroid dienone is 4. The number of carboxylic acids is 1. The van der Waals surface area contributed by atoms with E-state index in [-0.39, 0.29) is 69.0 Å². The van der Waals surface area contributed by atoms with Crippen molar-refractivity contribution < 1.29 is 19.5 Å². The predicted octanol–water partition coefficient (Wildman–Crippen LogP) is 7.03. The van der Waals surface area contributed by atoms with E-state index < -0.39 is 11.4 Å². The van der Waals surface area contributed by atoms with Gasteiger partial charge in [0.2, 0.25) is 5.70 Å². The molecule has 5 heteroatoms. The molecule has 3 fully saturated rings. The average Bonchev–Trinajstić information content (AvgIpc) is 2.82. The van der Waals surface area contributed by atoms with Crippen LogP contribution in [0.15, 0.2) is 23.4 Å². The lowest BCUT2D eigenvalue weighted by Crippen LogP contribution is -2.64. The first-order chi connectivity index (χ1) is 17.1. The molecule has 0 amide bonds. The molecule has 0 bridgehead atoms. The van der Waals surface area contributed by atoms with E-state index in [4.69, 9.17) is 6.57 Å². The van der Waals surface area contributed by atoms with Crippen LogP contribution >= 0.6 is 0 Å². The molecule has 0 heterocycles. The van der Waals surface area contributed by atoms with Crippen LogP contribution in [0.3, 0.4) is 0 Å². The van der Waals surface area contributed by atoms with Gasteiger partial charge >= 0.3 is 5.97 Å². The summed E-state index contributed by atoms with van der Waals surface area (Å²) in [4.78, 5) is 42.5. The highest BCUT2D eigenvalue weighted by atomic mass is 16.4. The Hall–Kier alpha value is -2.22. The second-order valence-corrected chi connectivity index (χ2v) is 14.6. The molecule has 0 unspecified atom stereocenters. The summed E-state index contributed by atoms with van der Waals surface area (Å²) in [5, 5.41) is 9.56. The van der Waals surface area contributed by atoms with Crippen LogP contribution in [-0.4, -0.2) is 22.6 Å². The summed E-state index contributed by atoms with van der Waals surface area (Å²) in [6.07, 6.45) is 11.5. The molecule has 0 radical (unpaired) electrons. The van der Waals surface area contributed by atoms with E-state index in [0.717, 1.165) is 50.5 Å². The quantitative estimate of drug-likeness (QED) is 0.418. The third-order valence-electron chi connectivity index (χ3n) is 12.5. The van der Waals surface area contributed by atoms with E-state index in [0.29, 0.717) is 6.42 Å². The molecule has 0 spiro atoms. The molecule has 5 aliphatic carbocycles. The van der Waals surface area contributed by atoms with E-state index in [1.807, 2.05) is 19.1 Å². The number of carbonyl (C=O) groups is 3. The lowest BCUT2D eigenvalue weighted by molar-refractivity contribution is -0.172. The molecule has 3 saturated carbocycles. The topological polar surface area (TPSA) is 75.8 Å². The minimum Gasteiger partial charge on any atom is -0.481 e. The fraction of sp³-hybridized carbons (Fsp3) is 0.750. The van der Waals surface area contributed by atoms with Crippen molar-refractivity contribution >= 4 is 17.5 Å². The van der Waals surface area contributed by atoms with Crippen molar-refractivity contribution in [2.24, 2.45) is 50.7 Å². The summed E-state index contributed by atoms with van der Waals surface area (Å²) in [6, 6.07) is 0. The number of hydrogen-bond acceptors (Lipinski definition) is 3. The summed E-state index contributed by atoms with van der Waals surface area (Å²) in [6.45, 7) is 21.1. The van der Waals surface area contributed by atoms with Crippen molar-refractivity contribution in [1.82, 2.24) is 0 Å². The van der Waals surface area contributed by atoms with Gasteiger partial charge in [0.05, 0.1) is 6.57 Å². The zero-order valence-corrected chi connectivity index (χ0v) is 23.4. The average molecular weight is 506 g/mol. The highest BCUT2D eigenvalue weighted by molar-refractivity contribution is 6.01. The number of aliphatic carboxylic acids is 1. The molecule has 0 aromatic rings. The highest BCUT2D eigenvalue weighted by Crippen LogP contribution is 2.74. The summed E-state index contributed by atoms with van der Waals surface area (Å²) in [5.41, 5.74) is 0.490. The smallest absolute Gasteiger partial charge is 0.303 e. The SMILES string of the molecule is [C-]#[N+]C1=C[C@]2(C)C3=CC(=O)[C@@H]4[C@@H]5CC(C)(C)CC[C@]5(CCC(=O)O)CC[C@@]4(C)[C@]3(C)CC[C@H]2[C@H](C)C1=O. The first-order valence-corrected chi connectivity index (χ1v) is 14.3. The Kier molecular flexibility index (Phi) is 5.81. The molecule has 200 valence electrons. The monoisotopic (exact) mass is 505 g/mol. The van der Waals surface area contributed by atoms with Crippen molar-refractivity contribution in [3.63, 3.8) is 0 Å². The molecule has 1 N–H and O–H groups in total. The summed E-state index contributed by atoms with van der Waals surface area (Å²) in [5.74, 6) is -0.660. The second kappa shape index (κ2) is 8.14. The Morgan fingerprint density at radius 2 is 1.73 bits per heavy atom. The Morgan fingerprint density at radius 1 is 1.05 bits per heavy atom. The second-order valence-electron chi connectivity index (χ2n) is 14.6. The fourth-order valence-corrected chi connectivity index (χ4v) is 10.1. The Morgan fingerprint density at radius 3 is 2.38 bits per heavy atom. The van der Waals surface area contributed by atoms with Gasteiger partial charge in [-0.05, 0) is 90.9 Å². The number of carboxylic acid groups (broad SMARTS) is 1. The minimum atomic E-state index is -0.745. The molecular formula is C32H43NO4. The number of carbonyl (C=O) groups excluding carboxylic acids is 2. The zero-order valence-electron chi connectivity index (χ0n) is 23.4. The lowest BCUT2D eigenvalue weighted by atomic mass is 9.34. The zero-order chi connectivity index (χ0) is 27.2. The summed E-state index contributed by atoms with van der Waals surface area (Å²) >= 11 is 0. The molecule has 5 rings (SSSR count). The van der Waals surface area contributed by atoms with E-state index >= 15 is 0 Å². The van der Waals surface area contributed by atoms with Gasteiger partial charge in [0.1, 0.15) is 0 Å². The van der Waals surface area contributed by atoms with Gasteiger partial charge in [-0.2, -0.15) is 0 Å². The molecular weight excluding hydrogens is 462 g/mol. The van der Waals surface area contributed by atoms with Gasteiger partial charge in [0.15, 0.2) is 11.6 Å². The van der Waals surface area contributed by atoms with Crippen LogP contribution in [-0.2, 0) is 14.4 Å². The maximum atomic E-state index is 14.3. The largest absolute Gasteiger partial charge is 0.481 e. The Balaban J connectivity index is 1.65. The number of rotatable bonds is 3. The Bertz CT molecular complexity index is 1170. The molecule has 0 aliphatic heterocycles. The van der Waals surface area contributed by atoms with Gasteiger partial charge in [-0.1, -0.05) is 53.2 Å². The summed E-state index contributed by atoms with van der Waals surface area (Å²) in [7, 11) is 0. The fourth-order valence-electron chi connectivity index (χ4n) is 10.1. The van der Waals surface area contributed by atoms with Crippen LogP contribution in [0.25, 0.3) is 4.85 Å². The van der Waals surface area contributed by atoms with Crippen LogP contribution in [0.2, 0.25) is 0 Å². The summed E-state index contributed by atoms with van der Waals surface area (Å²) < 4.78 is 0. The van der Waals surface area contributed by atoms with Gasteiger partial charge in [-0.3, -0.25) is 9.59 Å². The molecule has 0 aromatic carbocycles. The van der Waals surface area contributed by atoms with Crippen LogP contribution in [0, 0.1) is 57.3 Å². The van der Waals surface area contributed by atoms with Crippen molar-refractivity contribution in [3.8, 4) is 0 Å². The molecule has 0 saturated heterocycles. The third kappa shape index (κ3) is 3.50. The molecule has 5 nitrogen and oxygen atoms in total.